The van der Waals surface area contributed by atoms with Crippen LogP contribution >= 0.6 is 0 Å². The van der Waals surface area contributed by atoms with Gasteiger partial charge in [-0.2, -0.15) is 5.10 Å². The number of rotatable bonds is 4. The summed E-state index contributed by atoms with van der Waals surface area (Å²) in [6, 6.07) is 19.6. The minimum atomic E-state index is -0.182. The number of hydrogen-bond donors (Lipinski definition) is 1. The van der Waals surface area contributed by atoms with Crippen molar-refractivity contribution in [2.24, 2.45) is 0 Å². The van der Waals surface area contributed by atoms with Crippen LogP contribution in [0.25, 0.3) is 11.5 Å². The van der Waals surface area contributed by atoms with Gasteiger partial charge in [-0.3, -0.25) is 4.79 Å². The van der Waals surface area contributed by atoms with Crippen LogP contribution in [0.4, 0.5) is 5.69 Å². The summed E-state index contributed by atoms with van der Waals surface area (Å²) in [7, 11) is 0. The first kappa shape index (κ1) is 16.8. The molecule has 0 fully saturated rings. The first-order chi connectivity index (χ1) is 13.1. The molecule has 4 aromatic rings. The Morgan fingerprint density at radius 1 is 0.889 bits per heavy atom. The standard InChI is InChI=1S/C22H20N4O/c1-16-9-8-10-17(2)20(16)24-21(27)19-15-23-26(18-11-4-3-5-12-18)22(19)25-13-6-7-14-25/h3-15H,1-2H3,(H,24,27). The highest BCUT2D eigenvalue weighted by Crippen LogP contribution is 2.24. The molecule has 1 N–H and O–H groups in total. The fourth-order valence-electron chi connectivity index (χ4n) is 3.18. The maximum absolute atomic E-state index is 13.1. The lowest BCUT2D eigenvalue weighted by atomic mass is 10.1. The third-order valence-corrected chi connectivity index (χ3v) is 4.56. The van der Waals surface area contributed by atoms with Gasteiger partial charge >= 0.3 is 0 Å². The van der Waals surface area contributed by atoms with E-state index in [4.69, 9.17) is 0 Å². The molecule has 27 heavy (non-hydrogen) atoms. The molecule has 0 bridgehead atoms. The number of carbonyl (C=O) groups is 1. The number of anilines is 1. The average Bonchev–Trinajstić information content (AvgIpc) is 3.34. The predicted molar refractivity (Wildman–Crippen MR) is 107 cm³/mol. The molecule has 4 rings (SSSR count). The molecule has 0 spiro atoms. The monoisotopic (exact) mass is 356 g/mol. The van der Waals surface area contributed by atoms with Crippen molar-refractivity contribution >= 4 is 11.6 Å². The number of nitrogens with one attached hydrogen (secondary N) is 1. The van der Waals surface area contributed by atoms with Gasteiger partial charge in [-0.15, -0.1) is 0 Å². The van der Waals surface area contributed by atoms with Crippen molar-refractivity contribution in [2.75, 3.05) is 5.32 Å². The highest BCUT2D eigenvalue weighted by atomic mass is 16.1. The Morgan fingerprint density at radius 2 is 1.56 bits per heavy atom. The van der Waals surface area contributed by atoms with Crippen molar-refractivity contribution in [1.82, 2.24) is 14.3 Å². The van der Waals surface area contributed by atoms with Crippen LogP contribution in [-0.2, 0) is 0 Å². The zero-order chi connectivity index (χ0) is 18.8. The van der Waals surface area contributed by atoms with Gasteiger partial charge in [0.25, 0.3) is 5.91 Å². The van der Waals surface area contributed by atoms with E-state index in [9.17, 15) is 4.79 Å². The predicted octanol–water partition coefficient (Wildman–Crippen LogP) is 4.53. The van der Waals surface area contributed by atoms with Crippen LogP contribution in [0, 0.1) is 13.8 Å². The number of aryl methyl sites for hydroxylation is 2. The lowest BCUT2D eigenvalue weighted by Crippen LogP contribution is -2.16. The Kier molecular flexibility index (Phi) is 4.34. The summed E-state index contributed by atoms with van der Waals surface area (Å²) >= 11 is 0. The van der Waals surface area contributed by atoms with Gasteiger partial charge in [0.05, 0.1) is 11.9 Å². The number of aromatic nitrogens is 3. The number of carbonyl (C=O) groups excluding carboxylic acids is 1. The molecular formula is C22H20N4O. The van der Waals surface area contributed by atoms with Crippen LogP contribution in [0.2, 0.25) is 0 Å². The van der Waals surface area contributed by atoms with E-state index in [0.717, 1.165) is 22.5 Å². The molecule has 0 aliphatic carbocycles. The molecule has 134 valence electrons. The molecule has 0 saturated carbocycles. The molecule has 2 aromatic heterocycles. The van der Waals surface area contributed by atoms with Crippen LogP contribution < -0.4 is 5.32 Å². The summed E-state index contributed by atoms with van der Waals surface area (Å²) in [6.45, 7) is 3.98. The maximum Gasteiger partial charge on any atom is 0.261 e. The summed E-state index contributed by atoms with van der Waals surface area (Å²) in [5, 5.41) is 7.54. The second kappa shape index (κ2) is 6.96. The van der Waals surface area contributed by atoms with E-state index in [-0.39, 0.29) is 5.91 Å². The summed E-state index contributed by atoms with van der Waals surface area (Å²) in [5.74, 6) is 0.521. The van der Waals surface area contributed by atoms with E-state index in [1.54, 1.807) is 10.9 Å². The van der Waals surface area contributed by atoms with E-state index < -0.39 is 0 Å². The summed E-state index contributed by atoms with van der Waals surface area (Å²) in [6.07, 6.45) is 5.43. The minimum Gasteiger partial charge on any atom is -0.321 e. The van der Waals surface area contributed by atoms with Crippen molar-refractivity contribution in [2.45, 2.75) is 13.8 Å². The zero-order valence-corrected chi connectivity index (χ0v) is 15.3. The smallest absolute Gasteiger partial charge is 0.261 e. The van der Waals surface area contributed by atoms with E-state index in [2.05, 4.69) is 10.4 Å². The van der Waals surface area contributed by atoms with Crippen LogP contribution in [0.5, 0.6) is 0 Å². The van der Waals surface area contributed by atoms with Gasteiger partial charge in [0.2, 0.25) is 0 Å². The molecule has 0 saturated heterocycles. The fraction of sp³-hybridized carbons (Fsp3) is 0.0909. The summed E-state index contributed by atoms with van der Waals surface area (Å²) in [5.41, 5.74) is 4.31. The third kappa shape index (κ3) is 3.15. The van der Waals surface area contributed by atoms with E-state index >= 15 is 0 Å². The number of benzene rings is 2. The Morgan fingerprint density at radius 3 is 2.22 bits per heavy atom. The SMILES string of the molecule is Cc1cccc(C)c1NC(=O)c1cnn(-c2ccccc2)c1-n1cccc1. The number of nitrogens with zero attached hydrogens (tertiary/aromatic N) is 3. The molecule has 0 radical (unpaired) electrons. The third-order valence-electron chi connectivity index (χ3n) is 4.56. The van der Waals surface area contributed by atoms with Gasteiger partial charge in [0, 0.05) is 18.1 Å². The Labute approximate surface area is 157 Å². The Hall–Kier alpha value is -3.60. The fourth-order valence-corrected chi connectivity index (χ4v) is 3.18. The highest BCUT2D eigenvalue weighted by Gasteiger charge is 2.20. The van der Waals surface area contributed by atoms with E-state index in [1.165, 1.54) is 0 Å². The second-order valence-corrected chi connectivity index (χ2v) is 6.44. The number of hydrogen-bond acceptors (Lipinski definition) is 2. The number of amides is 1. The lowest BCUT2D eigenvalue weighted by molar-refractivity contribution is 0.102. The van der Waals surface area contributed by atoms with Crippen molar-refractivity contribution < 1.29 is 4.79 Å². The van der Waals surface area contributed by atoms with Crippen LogP contribution in [0.3, 0.4) is 0 Å². The van der Waals surface area contributed by atoms with Crippen molar-refractivity contribution in [3.8, 4) is 11.5 Å². The Bertz CT molecular complexity index is 1060. The van der Waals surface area contributed by atoms with Crippen molar-refractivity contribution in [3.63, 3.8) is 0 Å². The quantitative estimate of drug-likeness (QED) is 0.584. The topological polar surface area (TPSA) is 51.9 Å². The first-order valence-electron chi connectivity index (χ1n) is 8.79. The highest BCUT2D eigenvalue weighted by molar-refractivity contribution is 6.07. The molecular weight excluding hydrogens is 336 g/mol. The summed E-state index contributed by atoms with van der Waals surface area (Å²) in [4.78, 5) is 13.1. The Balaban J connectivity index is 1.79. The molecule has 0 unspecified atom stereocenters. The van der Waals surface area contributed by atoms with Gasteiger partial charge in [-0.25, -0.2) is 4.68 Å². The minimum absolute atomic E-state index is 0.182. The van der Waals surface area contributed by atoms with Gasteiger partial charge < -0.3 is 9.88 Å². The van der Waals surface area contributed by atoms with Gasteiger partial charge in [0.15, 0.2) is 5.82 Å². The number of para-hydroxylation sites is 2. The average molecular weight is 356 g/mol. The normalized spacial score (nSPS) is 10.7. The molecule has 2 aromatic carbocycles. The molecule has 0 aliphatic heterocycles. The van der Waals surface area contributed by atoms with Crippen molar-refractivity contribution in [3.05, 3.63) is 95.9 Å². The zero-order valence-electron chi connectivity index (χ0n) is 15.3. The molecule has 0 aliphatic rings. The molecule has 5 nitrogen and oxygen atoms in total. The van der Waals surface area contributed by atoms with Gasteiger partial charge in [0.1, 0.15) is 5.56 Å². The van der Waals surface area contributed by atoms with E-state index in [0.29, 0.717) is 11.4 Å². The lowest BCUT2D eigenvalue weighted by Gasteiger charge is -2.13. The summed E-state index contributed by atoms with van der Waals surface area (Å²) < 4.78 is 3.68. The van der Waals surface area contributed by atoms with Crippen LogP contribution in [0.1, 0.15) is 21.5 Å². The molecule has 5 heteroatoms. The molecule has 1 amide bonds. The van der Waals surface area contributed by atoms with Crippen LogP contribution in [0.15, 0.2) is 79.3 Å². The van der Waals surface area contributed by atoms with E-state index in [1.807, 2.05) is 91.5 Å². The second-order valence-electron chi connectivity index (χ2n) is 6.44. The van der Waals surface area contributed by atoms with Crippen molar-refractivity contribution in [1.29, 1.82) is 0 Å². The first-order valence-corrected chi connectivity index (χ1v) is 8.79. The largest absolute Gasteiger partial charge is 0.321 e. The van der Waals surface area contributed by atoms with Gasteiger partial charge in [-0.1, -0.05) is 36.4 Å². The van der Waals surface area contributed by atoms with Crippen LogP contribution in [-0.4, -0.2) is 20.3 Å². The molecule has 2 heterocycles. The maximum atomic E-state index is 13.1. The molecule has 0 atom stereocenters. The van der Waals surface area contributed by atoms with Gasteiger partial charge in [-0.05, 0) is 49.2 Å².